The van der Waals surface area contributed by atoms with Gasteiger partial charge in [-0.25, -0.2) is 4.57 Å². The van der Waals surface area contributed by atoms with Crippen molar-refractivity contribution in [1.82, 2.24) is 0 Å². The van der Waals surface area contributed by atoms with Crippen LogP contribution in [0.1, 0.15) is 212 Å². The van der Waals surface area contributed by atoms with Gasteiger partial charge in [-0.05, 0) is 37.7 Å². The second kappa shape index (κ2) is 29.6. The minimum atomic E-state index is 1.20. The summed E-state index contributed by atoms with van der Waals surface area (Å²) in [6, 6.07) is 2.48. The molecule has 0 aliphatic carbocycles. The number of aromatic nitrogens is 1. The van der Waals surface area contributed by atoms with Gasteiger partial charge in [-0.1, -0.05) is 175 Å². The highest BCUT2D eigenvalue weighted by Crippen LogP contribution is 2.18. The first-order valence-electron chi connectivity index (χ1n) is 18.8. The second-order valence-electron chi connectivity index (χ2n) is 13.1. The molecule has 0 spiro atoms. The summed E-state index contributed by atoms with van der Waals surface area (Å²) in [5.41, 5.74) is 3.31. The molecule has 234 valence electrons. The van der Waals surface area contributed by atoms with E-state index in [0.717, 1.165) is 0 Å². The lowest BCUT2D eigenvalue weighted by Crippen LogP contribution is -2.33. The van der Waals surface area contributed by atoms with Crippen molar-refractivity contribution in [2.24, 2.45) is 0 Å². The third-order valence-corrected chi connectivity index (χ3v) is 9.07. The highest BCUT2D eigenvalue weighted by molar-refractivity contribution is 5.21. The Labute approximate surface area is 253 Å². The van der Waals surface area contributed by atoms with Gasteiger partial charge in [-0.3, -0.25) is 0 Å². The van der Waals surface area contributed by atoms with Crippen LogP contribution >= 0.6 is 0 Å². The first-order chi connectivity index (χ1) is 19.8. The maximum absolute atomic E-state index is 2.53. The Kier molecular flexibility index (Phi) is 27.5. The molecule has 0 saturated heterocycles. The van der Waals surface area contributed by atoms with Crippen LogP contribution in [0.2, 0.25) is 0 Å². The van der Waals surface area contributed by atoms with E-state index in [2.05, 4.69) is 43.8 Å². The van der Waals surface area contributed by atoms with Gasteiger partial charge in [-0.15, -0.1) is 0 Å². The molecule has 0 amide bonds. The number of pyridine rings is 1. The van der Waals surface area contributed by atoms with Crippen molar-refractivity contribution in [3.05, 3.63) is 29.6 Å². The highest BCUT2D eigenvalue weighted by Gasteiger charge is 2.10. The van der Waals surface area contributed by atoms with Gasteiger partial charge in [0.25, 0.3) is 0 Å². The summed E-state index contributed by atoms with van der Waals surface area (Å²) in [4.78, 5) is 0. The highest BCUT2D eigenvalue weighted by atomic mass is 14.9. The zero-order chi connectivity index (χ0) is 28.8. The first-order valence-corrected chi connectivity index (χ1v) is 18.8. The Balaban J connectivity index is 2.27. The van der Waals surface area contributed by atoms with Crippen LogP contribution in [-0.2, 0) is 19.4 Å². The van der Waals surface area contributed by atoms with E-state index in [4.69, 9.17) is 0 Å². The first kappa shape index (κ1) is 37.2. The largest absolute Gasteiger partial charge is 0.205 e. The summed E-state index contributed by atoms with van der Waals surface area (Å²) in [5, 5.41) is 0. The van der Waals surface area contributed by atoms with Gasteiger partial charge in [0.15, 0.2) is 12.4 Å². The molecule has 1 nitrogen and oxygen atoms in total. The fourth-order valence-corrected chi connectivity index (χ4v) is 6.26. The second-order valence-corrected chi connectivity index (χ2v) is 13.1. The van der Waals surface area contributed by atoms with E-state index in [-0.39, 0.29) is 0 Å². The monoisotopic (exact) mass is 557 g/mol. The van der Waals surface area contributed by atoms with E-state index < -0.39 is 0 Å². The average Bonchev–Trinajstić information content (AvgIpc) is 2.97. The molecule has 0 fully saturated rings. The molecule has 0 radical (unpaired) electrons. The maximum Gasteiger partial charge on any atom is 0.172 e. The number of aryl methyl sites for hydroxylation is 3. The lowest BCUT2D eigenvalue weighted by molar-refractivity contribution is -0.697. The summed E-state index contributed by atoms with van der Waals surface area (Å²) in [5.74, 6) is 0. The summed E-state index contributed by atoms with van der Waals surface area (Å²) >= 11 is 0. The molecule has 1 aromatic rings. The molecular weight excluding hydrogens is 482 g/mol. The Bertz CT molecular complexity index is 636. The van der Waals surface area contributed by atoms with Crippen LogP contribution < -0.4 is 4.57 Å². The average molecular weight is 557 g/mol. The van der Waals surface area contributed by atoms with Crippen LogP contribution in [0, 0.1) is 0 Å². The zero-order valence-corrected chi connectivity index (χ0v) is 28.1. The zero-order valence-electron chi connectivity index (χ0n) is 28.1. The normalized spacial score (nSPS) is 11.5. The predicted molar refractivity (Wildman–Crippen MR) is 180 cm³/mol. The van der Waals surface area contributed by atoms with E-state index in [0.29, 0.717) is 0 Å². The molecule has 0 N–H and O–H groups in total. The summed E-state index contributed by atoms with van der Waals surface area (Å²) in [7, 11) is 0. The van der Waals surface area contributed by atoms with E-state index in [1.54, 1.807) is 11.1 Å². The van der Waals surface area contributed by atoms with Crippen molar-refractivity contribution in [2.75, 3.05) is 0 Å². The van der Waals surface area contributed by atoms with Crippen LogP contribution in [0.15, 0.2) is 18.5 Å². The minimum Gasteiger partial charge on any atom is -0.205 e. The van der Waals surface area contributed by atoms with Crippen molar-refractivity contribution in [3.8, 4) is 0 Å². The molecule has 0 aliphatic rings. The molecule has 1 rings (SSSR count). The molecule has 0 aromatic carbocycles. The van der Waals surface area contributed by atoms with Crippen LogP contribution in [-0.4, -0.2) is 0 Å². The van der Waals surface area contributed by atoms with Crippen LogP contribution in [0.3, 0.4) is 0 Å². The summed E-state index contributed by atoms with van der Waals surface area (Å²) < 4.78 is 2.50. The van der Waals surface area contributed by atoms with Gasteiger partial charge in [0, 0.05) is 18.1 Å². The number of hydrogen-bond acceptors (Lipinski definition) is 0. The smallest absolute Gasteiger partial charge is 0.172 e. The van der Waals surface area contributed by atoms with E-state index in [1.807, 2.05) is 0 Å². The van der Waals surface area contributed by atoms with Crippen molar-refractivity contribution in [2.45, 2.75) is 220 Å². The van der Waals surface area contributed by atoms with Gasteiger partial charge in [0.1, 0.15) is 6.54 Å². The van der Waals surface area contributed by atoms with Crippen LogP contribution in [0.5, 0.6) is 0 Å². The van der Waals surface area contributed by atoms with E-state index in [9.17, 15) is 0 Å². The van der Waals surface area contributed by atoms with Crippen LogP contribution in [0.25, 0.3) is 0 Å². The summed E-state index contributed by atoms with van der Waals surface area (Å²) in [6.07, 6.45) is 47.4. The van der Waals surface area contributed by atoms with Gasteiger partial charge < -0.3 is 0 Å². The topological polar surface area (TPSA) is 3.88 Å². The SMILES string of the molecule is CCCCCCCCCCCCCCc1cc[n+](CCCCCC)cc1CCCCCCCCCCCCCC. The fourth-order valence-electron chi connectivity index (χ4n) is 6.26. The Hall–Kier alpha value is -0.850. The van der Waals surface area contributed by atoms with Gasteiger partial charge in [0.05, 0.1) is 0 Å². The molecule has 0 atom stereocenters. The number of rotatable bonds is 31. The lowest BCUT2D eigenvalue weighted by Gasteiger charge is -2.10. The van der Waals surface area contributed by atoms with Crippen molar-refractivity contribution in [3.63, 3.8) is 0 Å². The number of nitrogens with zero attached hydrogens (tertiary/aromatic N) is 1. The van der Waals surface area contributed by atoms with Crippen LogP contribution in [0.4, 0.5) is 0 Å². The molecule has 0 bridgehead atoms. The third-order valence-electron chi connectivity index (χ3n) is 9.07. The fraction of sp³-hybridized carbons (Fsp3) is 0.872. The Morgan fingerprint density at radius 1 is 0.375 bits per heavy atom. The van der Waals surface area contributed by atoms with Crippen molar-refractivity contribution < 1.29 is 4.57 Å². The van der Waals surface area contributed by atoms with Gasteiger partial charge in [0.2, 0.25) is 0 Å². The van der Waals surface area contributed by atoms with E-state index in [1.165, 1.54) is 199 Å². The molecule has 1 aromatic heterocycles. The Morgan fingerprint density at radius 2 is 0.700 bits per heavy atom. The molecule has 0 saturated carbocycles. The maximum atomic E-state index is 2.53. The Morgan fingerprint density at radius 3 is 1.10 bits per heavy atom. The molecular formula is C39H74N+. The summed E-state index contributed by atoms with van der Waals surface area (Å²) in [6.45, 7) is 8.13. The quantitative estimate of drug-likeness (QED) is 0.0632. The minimum absolute atomic E-state index is 1.20. The third kappa shape index (κ3) is 22.8. The molecule has 1 heteroatoms. The van der Waals surface area contributed by atoms with Crippen molar-refractivity contribution in [1.29, 1.82) is 0 Å². The van der Waals surface area contributed by atoms with E-state index >= 15 is 0 Å². The predicted octanol–water partition coefficient (Wildman–Crippen LogP) is 13.0. The molecule has 40 heavy (non-hydrogen) atoms. The standard InChI is InChI=1S/C39H74N/c1-4-7-10-13-15-17-19-21-23-25-27-29-32-38-34-36-40(35-31-12-9-6-3)37-39(38)33-30-28-26-24-22-20-18-16-14-11-8-5-2/h34,36-37H,4-33,35H2,1-3H3/q+1. The van der Waals surface area contributed by atoms with Gasteiger partial charge >= 0.3 is 0 Å². The van der Waals surface area contributed by atoms with Crippen molar-refractivity contribution >= 4 is 0 Å². The van der Waals surface area contributed by atoms with Gasteiger partial charge in [-0.2, -0.15) is 0 Å². The lowest BCUT2D eigenvalue weighted by atomic mass is 9.97. The molecule has 0 unspecified atom stereocenters. The number of unbranched alkanes of at least 4 members (excludes halogenated alkanes) is 25. The molecule has 0 aliphatic heterocycles. The number of hydrogen-bond donors (Lipinski definition) is 0. The molecule has 1 heterocycles.